The number of likely N-dealkylation sites (tertiary alicyclic amines) is 2. The first-order valence-corrected chi connectivity index (χ1v) is 7.15. The van der Waals surface area contributed by atoms with Crippen molar-refractivity contribution in [1.29, 1.82) is 0 Å². The number of carbonyl (C=O) groups excluding carboxylic acids is 1. The summed E-state index contributed by atoms with van der Waals surface area (Å²) in [5, 5.41) is 9.00. The SMILES string of the molecule is CC(C)(C)OC(=O)N1CCC2(CCN(CCO)C2)C1. The van der Waals surface area contributed by atoms with Gasteiger partial charge < -0.3 is 19.6 Å². The number of hydrogen-bond donors (Lipinski definition) is 1. The van der Waals surface area contributed by atoms with Gasteiger partial charge in [0.2, 0.25) is 0 Å². The first-order valence-electron chi connectivity index (χ1n) is 7.15. The smallest absolute Gasteiger partial charge is 0.410 e. The second-order valence-corrected chi connectivity index (χ2v) is 6.90. The molecule has 2 aliphatic rings. The Labute approximate surface area is 115 Å². The summed E-state index contributed by atoms with van der Waals surface area (Å²) in [6, 6.07) is 0. The van der Waals surface area contributed by atoms with Crippen LogP contribution in [-0.4, -0.2) is 65.9 Å². The zero-order chi connectivity index (χ0) is 14.1. The number of aliphatic hydroxyl groups is 1. The molecule has 0 aromatic heterocycles. The molecule has 1 unspecified atom stereocenters. The Kier molecular flexibility index (Phi) is 4.06. The predicted molar refractivity (Wildman–Crippen MR) is 73.0 cm³/mol. The van der Waals surface area contributed by atoms with Gasteiger partial charge >= 0.3 is 6.09 Å². The molecular weight excluding hydrogens is 244 g/mol. The minimum atomic E-state index is -0.425. The summed E-state index contributed by atoms with van der Waals surface area (Å²) < 4.78 is 5.43. The normalized spacial score (nSPS) is 28.3. The highest BCUT2D eigenvalue weighted by molar-refractivity contribution is 5.68. The summed E-state index contributed by atoms with van der Waals surface area (Å²) in [4.78, 5) is 16.2. The first kappa shape index (κ1) is 14.6. The fraction of sp³-hybridized carbons (Fsp3) is 0.929. The molecule has 2 aliphatic heterocycles. The van der Waals surface area contributed by atoms with Crippen LogP contribution in [-0.2, 0) is 4.74 Å². The Morgan fingerprint density at radius 3 is 2.58 bits per heavy atom. The van der Waals surface area contributed by atoms with Gasteiger partial charge in [0.25, 0.3) is 0 Å². The van der Waals surface area contributed by atoms with Crippen LogP contribution in [0.3, 0.4) is 0 Å². The van der Waals surface area contributed by atoms with Gasteiger partial charge in [-0.1, -0.05) is 0 Å². The van der Waals surface area contributed by atoms with Crippen molar-refractivity contribution in [3.05, 3.63) is 0 Å². The van der Waals surface area contributed by atoms with Gasteiger partial charge in [0.15, 0.2) is 0 Å². The lowest BCUT2D eigenvalue weighted by atomic mass is 9.86. The van der Waals surface area contributed by atoms with E-state index in [1.807, 2.05) is 25.7 Å². The van der Waals surface area contributed by atoms with E-state index < -0.39 is 5.60 Å². The molecule has 0 radical (unpaired) electrons. The molecule has 2 fully saturated rings. The fourth-order valence-corrected chi connectivity index (χ4v) is 3.11. The number of ether oxygens (including phenoxy) is 1. The highest BCUT2D eigenvalue weighted by atomic mass is 16.6. The Hall–Kier alpha value is -0.810. The molecule has 2 heterocycles. The monoisotopic (exact) mass is 270 g/mol. The second-order valence-electron chi connectivity index (χ2n) is 6.90. The number of hydrogen-bond acceptors (Lipinski definition) is 4. The van der Waals surface area contributed by atoms with E-state index in [-0.39, 0.29) is 18.1 Å². The number of nitrogens with zero attached hydrogens (tertiary/aromatic N) is 2. The molecule has 1 spiro atoms. The van der Waals surface area contributed by atoms with Gasteiger partial charge in [-0.2, -0.15) is 0 Å². The van der Waals surface area contributed by atoms with Gasteiger partial charge in [-0.3, -0.25) is 0 Å². The van der Waals surface area contributed by atoms with Gasteiger partial charge in [0, 0.05) is 31.6 Å². The molecule has 5 heteroatoms. The Morgan fingerprint density at radius 1 is 1.26 bits per heavy atom. The van der Waals surface area contributed by atoms with Gasteiger partial charge in [-0.25, -0.2) is 4.79 Å². The van der Waals surface area contributed by atoms with E-state index >= 15 is 0 Å². The highest BCUT2D eigenvalue weighted by Crippen LogP contribution is 2.39. The van der Waals surface area contributed by atoms with Crippen LogP contribution in [0.1, 0.15) is 33.6 Å². The maximum absolute atomic E-state index is 12.1. The summed E-state index contributed by atoms with van der Waals surface area (Å²) in [5.41, 5.74) is -0.197. The summed E-state index contributed by atoms with van der Waals surface area (Å²) in [5.74, 6) is 0. The molecule has 5 nitrogen and oxygen atoms in total. The third kappa shape index (κ3) is 3.60. The van der Waals surface area contributed by atoms with Crippen molar-refractivity contribution in [2.75, 3.05) is 39.3 Å². The Bertz CT molecular complexity index is 340. The standard InChI is InChI=1S/C14H26N2O3/c1-13(2,3)19-12(18)16-7-5-14(11-16)4-6-15(10-14)8-9-17/h17H,4-11H2,1-3H3. The van der Waals surface area contributed by atoms with E-state index in [0.29, 0.717) is 0 Å². The maximum Gasteiger partial charge on any atom is 0.410 e. The van der Waals surface area contributed by atoms with E-state index in [0.717, 1.165) is 45.6 Å². The number of carbonyl (C=O) groups is 1. The quantitative estimate of drug-likeness (QED) is 0.822. The number of β-amino-alcohol motifs (C(OH)–C–C–N with tert-alkyl or cyclic N) is 1. The van der Waals surface area contributed by atoms with Crippen molar-refractivity contribution in [2.24, 2.45) is 5.41 Å². The van der Waals surface area contributed by atoms with Crippen LogP contribution in [0, 0.1) is 5.41 Å². The Balaban J connectivity index is 1.88. The van der Waals surface area contributed by atoms with Crippen molar-refractivity contribution in [3.8, 4) is 0 Å². The summed E-state index contributed by atoms with van der Waals surface area (Å²) >= 11 is 0. The second kappa shape index (κ2) is 5.29. The minimum absolute atomic E-state index is 0.190. The van der Waals surface area contributed by atoms with E-state index in [1.165, 1.54) is 0 Å². The van der Waals surface area contributed by atoms with E-state index in [9.17, 15) is 4.79 Å². The van der Waals surface area contributed by atoms with E-state index in [2.05, 4.69) is 4.90 Å². The zero-order valence-electron chi connectivity index (χ0n) is 12.3. The molecule has 1 atom stereocenters. The van der Waals surface area contributed by atoms with Gasteiger partial charge in [0.1, 0.15) is 5.60 Å². The topological polar surface area (TPSA) is 53.0 Å². The molecule has 0 aromatic carbocycles. The van der Waals surface area contributed by atoms with Crippen molar-refractivity contribution < 1.29 is 14.6 Å². The predicted octanol–water partition coefficient (Wildman–Crippen LogP) is 1.31. The molecule has 0 aliphatic carbocycles. The minimum Gasteiger partial charge on any atom is -0.444 e. The fourth-order valence-electron chi connectivity index (χ4n) is 3.11. The average Bonchev–Trinajstić information content (AvgIpc) is 2.86. The van der Waals surface area contributed by atoms with Crippen molar-refractivity contribution in [2.45, 2.75) is 39.2 Å². The molecule has 1 amide bonds. The molecule has 110 valence electrons. The molecule has 1 N–H and O–H groups in total. The third-order valence-corrected chi connectivity index (χ3v) is 4.02. The molecule has 2 saturated heterocycles. The molecule has 0 bridgehead atoms. The largest absolute Gasteiger partial charge is 0.444 e. The van der Waals surface area contributed by atoms with Crippen LogP contribution in [0.4, 0.5) is 4.79 Å². The average molecular weight is 270 g/mol. The lowest BCUT2D eigenvalue weighted by Gasteiger charge is -2.27. The van der Waals surface area contributed by atoms with Crippen molar-refractivity contribution >= 4 is 6.09 Å². The number of amides is 1. The maximum atomic E-state index is 12.1. The summed E-state index contributed by atoms with van der Waals surface area (Å²) in [6.45, 7) is 10.3. The van der Waals surface area contributed by atoms with Crippen molar-refractivity contribution in [1.82, 2.24) is 9.80 Å². The third-order valence-electron chi connectivity index (χ3n) is 4.02. The van der Waals surface area contributed by atoms with Crippen LogP contribution >= 0.6 is 0 Å². The molecule has 0 aromatic rings. The van der Waals surface area contributed by atoms with Crippen LogP contribution in [0.15, 0.2) is 0 Å². The molecular formula is C14H26N2O3. The van der Waals surface area contributed by atoms with E-state index in [4.69, 9.17) is 9.84 Å². The molecule has 19 heavy (non-hydrogen) atoms. The summed E-state index contributed by atoms with van der Waals surface area (Å²) in [6.07, 6.45) is 1.98. The van der Waals surface area contributed by atoms with Gasteiger partial charge in [0.05, 0.1) is 6.61 Å². The van der Waals surface area contributed by atoms with Crippen LogP contribution in [0.5, 0.6) is 0 Å². The van der Waals surface area contributed by atoms with Crippen molar-refractivity contribution in [3.63, 3.8) is 0 Å². The van der Waals surface area contributed by atoms with E-state index in [1.54, 1.807) is 0 Å². The van der Waals surface area contributed by atoms with Crippen LogP contribution < -0.4 is 0 Å². The lowest BCUT2D eigenvalue weighted by Crippen LogP contribution is -2.38. The highest BCUT2D eigenvalue weighted by Gasteiger charge is 2.45. The number of aliphatic hydroxyl groups excluding tert-OH is 1. The number of rotatable bonds is 2. The molecule has 0 saturated carbocycles. The van der Waals surface area contributed by atoms with Crippen LogP contribution in [0.2, 0.25) is 0 Å². The Morgan fingerprint density at radius 2 is 1.95 bits per heavy atom. The lowest BCUT2D eigenvalue weighted by molar-refractivity contribution is 0.0273. The zero-order valence-corrected chi connectivity index (χ0v) is 12.3. The van der Waals surface area contributed by atoms with Gasteiger partial charge in [-0.05, 0) is 40.2 Å². The first-order chi connectivity index (χ1) is 8.84. The molecule has 2 rings (SSSR count). The van der Waals surface area contributed by atoms with Gasteiger partial charge in [-0.15, -0.1) is 0 Å². The summed E-state index contributed by atoms with van der Waals surface area (Å²) in [7, 11) is 0. The van der Waals surface area contributed by atoms with Crippen LogP contribution in [0.25, 0.3) is 0 Å².